The highest BCUT2D eigenvalue weighted by Gasteiger charge is 2.21. The SMILES string of the molecule is Cn1c(=O)n([C@H]2CCNC2)c(=O)c2ccccc21. The highest BCUT2D eigenvalue weighted by molar-refractivity contribution is 5.77. The quantitative estimate of drug-likeness (QED) is 0.782. The fraction of sp³-hybridized carbons (Fsp3) is 0.385. The Bertz CT molecular complexity index is 708. The average molecular weight is 245 g/mol. The van der Waals surface area contributed by atoms with Crippen LogP contribution in [0.5, 0.6) is 0 Å². The summed E-state index contributed by atoms with van der Waals surface area (Å²) in [4.78, 5) is 24.7. The molecule has 5 heteroatoms. The summed E-state index contributed by atoms with van der Waals surface area (Å²) >= 11 is 0. The summed E-state index contributed by atoms with van der Waals surface area (Å²) in [6.45, 7) is 1.54. The molecule has 1 aliphatic rings. The van der Waals surface area contributed by atoms with E-state index < -0.39 is 0 Å². The van der Waals surface area contributed by atoms with E-state index in [1.54, 1.807) is 23.7 Å². The van der Waals surface area contributed by atoms with Crippen LogP contribution >= 0.6 is 0 Å². The Morgan fingerprint density at radius 1 is 1.28 bits per heavy atom. The predicted octanol–water partition coefficient (Wildman–Crippen LogP) is 0.235. The van der Waals surface area contributed by atoms with E-state index in [0.717, 1.165) is 13.0 Å². The first-order chi connectivity index (χ1) is 8.70. The van der Waals surface area contributed by atoms with Gasteiger partial charge in [-0.1, -0.05) is 12.1 Å². The number of aryl methyl sites for hydroxylation is 1. The van der Waals surface area contributed by atoms with Gasteiger partial charge in [0, 0.05) is 13.6 Å². The van der Waals surface area contributed by atoms with Gasteiger partial charge in [-0.25, -0.2) is 4.79 Å². The molecule has 0 saturated carbocycles. The topological polar surface area (TPSA) is 56.0 Å². The van der Waals surface area contributed by atoms with Crippen molar-refractivity contribution in [3.8, 4) is 0 Å². The third-order valence-corrected chi connectivity index (χ3v) is 3.61. The molecule has 0 bridgehead atoms. The van der Waals surface area contributed by atoms with E-state index >= 15 is 0 Å². The number of hydrogen-bond acceptors (Lipinski definition) is 3. The summed E-state index contributed by atoms with van der Waals surface area (Å²) in [6.07, 6.45) is 0.827. The molecule has 1 fully saturated rings. The van der Waals surface area contributed by atoms with Crippen molar-refractivity contribution in [1.82, 2.24) is 14.5 Å². The molecule has 0 aliphatic carbocycles. The van der Waals surface area contributed by atoms with Gasteiger partial charge in [0.1, 0.15) is 0 Å². The third-order valence-electron chi connectivity index (χ3n) is 3.61. The van der Waals surface area contributed by atoms with Gasteiger partial charge in [0.05, 0.1) is 16.9 Å². The highest BCUT2D eigenvalue weighted by Crippen LogP contribution is 2.12. The van der Waals surface area contributed by atoms with Crippen LogP contribution in [0, 0.1) is 0 Å². The molecule has 0 unspecified atom stereocenters. The maximum Gasteiger partial charge on any atom is 0.331 e. The minimum absolute atomic E-state index is 0.0270. The van der Waals surface area contributed by atoms with Crippen LogP contribution in [0.2, 0.25) is 0 Å². The predicted molar refractivity (Wildman–Crippen MR) is 70.0 cm³/mol. The maximum atomic E-state index is 12.4. The summed E-state index contributed by atoms with van der Waals surface area (Å²) in [5, 5.41) is 3.79. The molecule has 1 saturated heterocycles. The van der Waals surface area contributed by atoms with Crippen molar-refractivity contribution < 1.29 is 0 Å². The van der Waals surface area contributed by atoms with Crippen LogP contribution in [0.15, 0.2) is 33.9 Å². The van der Waals surface area contributed by atoms with Crippen molar-refractivity contribution >= 4 is 10.9 Å². The summed E-state index contributed by atoms with van der Waals surface area (Å²) < 4.78 is 2.94. The molecule has 94 valence electrons. The molecule has 18 heavy (non-hydrogen) atoms. The van der Waals surface area contributed by atoms with E-state index in [2.05, 4.69) is 5.32 Å². The standard InChI is InChI=1S/C13H15N3O2/c1-15-11-5-3-2-4-10(11)12(17)16(13(15)18)9-6-7-14-8-9/h2-5,9,14H,6-8H2,1H3/t9-/m0/s1. The molecular weight excluding hydrogens is 230 g/mol. The molecular formula is C13H15N3O2. The fourth-order valence-corrected chi connectivity index (χ4v) is 2.61. The van der Waals surface area contributed by atoms with Gasteiger partial charge in [0.25, 0.3) is 5.56 Å². The lowest BCUT2D eigenvalue weighted by Crippen LogP contribution is -2.42. The number of rotatable bonds is 1. The zero-order valence-electron chi connectivity index (χ0n) is 10.2. The molecule has 1 aromatic carbocycles. The first kappa shape index (κ1) is 11.2. The van der Waals surface area contributed by atoms with E-state index in [1.165, 1.54) is 4.57 Å². The molecule has 5 nitrogen and oxygen atoms in total. The number of benzene rings is 1. The number of para-hydroxylation sites is 1. The van der Waals surface area contributed by atoms with E-state index in [-0.39, 0.29) is 17.3 Å². The summed E-state index contributed by atoms with van der Waals surface area (Å²) in [7, 11) is 1.71. The van der Waals surface area contributed by atoms with Crippen molar-refractivity contribution in [2.75, 3.05) is 13.1 Å². The monoisotopic (exact) mass is 245 g/mol. The lowest BCUT2D eigenvalue weighted by Gasteiger charge is -2.15. The fourth-order valence-electron chi connectivity index (χ4n) is 2.61. The van der Waals surface area contributed by atoms with Gasteiger partial charge in [0.2, 0.25) is 0 Å². The Balaban J connectivity index is 2.39. The zero-order chi connectivity index (χ0) is 12.7. The molecule has 0 amide bonds. The van der Waals surface area contributed by atoms with E-state index in [4.69, 9.17) is 0 Å². The summed E-state index contributed by atoms with van der Waals surface area (Å²) in [5.74, 6) is 0. The van der Waals surface area contributed by atoms with Gasteiger partial charge in [-0.15, -0.1) is 0 Å². The van der Waals surface area contributed by atoms with Crippen LogP contribution < -0.4 is 16.6 Å². The lowest BCUT2D eigenvalue weighted by molar-refractivity contribution is 0.493. The van der Waals surface area contributed by atoms with Crippen LogP contribution in [-0.2, 0) is 7.05 Å². The Morgan fingerprint density at radius 3 is 2.78 bits per heavy atom. The van der Waals surface area contributed by atoms with E-state index in [9.17, 15) is 9.59 Å². The zero-order valence-corrected chi connectivity index (χ0v) is 10.2. The summed E-state index contributed by atoms with van der Waals surface area (Å²) in [5.41, 5.74) is 0.282. The molecule has 1 atom stereocenters. The molecule has 1 aliphatic heterocycles. The van der Waals surface area contributed by atoms with Gasteiger partial charge in [-0.05, 0) is 25.1 Å². The van der Waals surface area contributed by atoms with Crippen LogP contribution in [0.3, 0.4) is 0 Å². The lowest BCUT2D eigenvalue weighted by atomic mass is 10.2. The molecule has 1 N–H and O–H groups in total. The normalized spacial score (nSPS) is 19.5. The number of nitrogens with zero attached hydrogens (tertiary/aromatic N) is 2. The molecule has 0 radical (unpaired) electrons. The van der Waals surface area contributed by atoms with Crippen molar-refractivity contribution in [2.24, 2.45) is 7.05 Å². The Morgan fingerprint density at radius 2 is 2.06 bits per heavy atom. The van der Waals surface area contributed by atoms with Gasteiger partial charge in [0.15, 0.2) is 0 Å². The minimum Gasteiger partial charge on any atom is -0.315 e. The summed E-state index contributed by atoms with van der Waals surface area (Å²) in [6, 6.07) is 7.21. The number of nitrogens with one attached hydrogen (secondary N) is 1. The van der Waals surface area contributed by atoms with Crippen LogP contribution in [0.4, 0.5) is 0 Å². The highest BCUT2D eigenvalue weighted by atomic mass is 16.2. The molecule has 1 aromatic heterocycles. The number of aromatic nitrogens is 2. The second kappa shape index (κ2) is 4.10. The molecule has 2 aromatic rings. The van der Waals surface area contributed by atoms with Gasteiger partial charge in [-0.3, -0.25) is 13.9 Å². The molecule has 2 heterocycles. The van der Waals surface area contributed by atoms with Crippen molar-refractivity contribution in [2.45, 2.75) is 12.5 Å². The van der Waals surface area contributed by atoms with Crippen LogP contribution in [0.25, 0.3) is 10.9 Å². The first-order valence-corrected chi connectivity index (χ1v) is 6.11. The maximum absolute atomic E-state index is 12.4. The van der Waals surface area contributed by atoms with Crippen molar-refractivity contribution in [3.63, 3.8) is 0 Å². The van der Waals surface area contributed by atoms with Gasteiger partial charge < -0.3 is 5.32 Å². The second-order valence-electron chi connectivity index (χ2n) is 4.68. The Kier molecular flexibility index (Phi) is 2.56. The van der Waals surface area contributed by atoms with Gasteiger partial charge in [-0.2, -0.15) is 0 Å². The van der Waals surface area contributed by atoms with E-state index in [1.807, 2.05) is 12.1 Å². The third kappa shape index (κ3) is 1.51. The first-order valence-electron chi connectivity index (χ1n) is 6.11. The van der Waals surface area contributed by atoms with Crippen molar-refractivity contribution in [1.29, 1.82) is 0 Å². The van der Waals surface area contributed by atoms with E-state index in [0.29, 0.717) is 17.4 Å². The minimum atomic E-state index is -0.229. The van der Waals surface area contributed by atoms with Crippen molar-refractivity contribution in [3.05, 3.63) is 45.1 Å². The Hall–Kier alpha value is -1.88. The average Bonchev–Trinajstić information content (AvgIpc) is 2.90. The van der Waals surface area contributed by atoms with Crippen LogP contribution in [0.1, 0.15) is 12.5 Å². The molecule has 3 rings (SSSR count). The molecule has 0 spiro atoms. The Labute approximate surface area is 104 Å². The number of hydrogen-bond donors (Lipinski definition) is 1. The second-order valence-corrected chi connectivity index (χ2v) is 4.68. The largest absolute Gasteiger partial charge is 0.331 e. The van der Waals surface area contributed by atoms with Crippen LogP contribution in [-0.4, -0.2) is 22.2 Å². The smallest absolute Gasteiger partial charge is 0.315 e. The van der Waals surface area contributed by atoms with Gasteiger partial charge >= 0.3 is 5.69 Å². The number of fused-ring (bicyclic) bond motifs is 1.